The van der Waals surface area contributed by atoms with Crippen molar-refractivity contribution in [2.45, 2.75) is 18.7 Å². The molecule has 0 saturated carbocycles. The molecule has 0 spiro atoms. The van der Waals surface area contributed by atoms with Crippen LogP contribution in [0.2, 0.25) is 5.02 Å². The van der Waals surface area contributed by atoms with E-state index in [4.69, 9.17) is 16.3 Å². The summed E-state index contributed by atoms with van der Waals surface area (Å²) >= 11 is 7.46. The van der Waals surface area contributed by atoms with Gasteiger partial charge in [-0.25, -0.2) is 4.79 Å². The van der Waals surface area contributed by atoms with Gasteiger partial charge >= 0.3 is 5.97 Å². The molecule has 0 aliphatic carbocycles. The summed E-state index contributed by atoms with van der Waals surface area (Å²) in [5.74, 6) is 0.706. The first-order chi connectivity index (χ1) is 10.0. The third kappa shape index (κ3) is 3.71. The maximum Gasteiger partial charge on any atom is 0.340 e. The van der Waals surface area contributed by atoms with Crippen molar-refractivity contribution in [2.75, 3.05) is 5.75 Å². The van der Waals surface area contributed by atoms with Gasteiger partial charge in [-0.3, -0.25) is 0 Å². The van der Waals surface area contributed by atoms with Crippen molar-refractivity contribution in [1.29, 1.82) is 0 Å². The van der Waals surface area contributed by atoms with E-state index in [1.807, 2.05) is 13.8 Å². The van der Waals surface area contributed by atoms with Gasteiger partial charge in [0.2, 0.25) is 0 Å². The zero-order valence-electron chi connectivity index (χ0n) is 11.7. The predicted octanol–water partition coefficient (Wildman–Crippen LogP) is 5.25. The normalized spacial score (nSPS) is 10.4. The fourth-order valence-corrected chi connectivity index (χ4v) is 2.83. The van der Waals surface area contributed by atoms with Crippen LogP contribution in [0.3, 0.4) is 0 Å². The highest BCUT2D eigenvalue weighted by atomic mass is 35.5. The highest BCUT2D eigenvalue weighted by Crippen LogP contribution is 2.33. The number of benzene rings is 2. The number of carbonyl (C=O) groups is 1. The maximum absolute atomic E-state index is 11.5. The lowest BCUT2D eigenvalue weighted by Gasteiger charge is -2.12. The molecule has 5 heteroatoms. The first kappa shape index (κ1) is 15.7. The molecule has 0 aromatic heterocycles. The number of hydrogen-bond acceptors (Lipinski definition) is 3. The van der Waals surface area contributed by atoms with Crippen LogP contribution in [-0.2, 0) is 0 Å². The molecule has 0 fully saturated rings. The van der Waals surface area contributed by atoms with Crippen LogP contribution in [0.25, 0.3) is 0 Å². The molecule has 3 nitrogen and oxygen atoms in total. The third-order valence-corrected chi connectivity index (χ3v) is 4.22. The van der Waals surface area contributed by atoms with E-state index in [2.05, 4.69) is 0 Å². The van der Waals surface area contributed by atoms with Gasteiger partial charge in [-0.15, -0.1) is 11.8 Å². The molecule has 1 N–H and O–H groups in total. The molecule has 2 aromatic rings. The number of carboxylic acids is 1. The minimum Gasteiger partial charge on any atom is -0.478 e. The zero-order chi connectivity index (χ0) is 15.4. The molecule has 2 rings (SSSR count). The molecule has 0 heterocycles. The average Bonchev–Trinajstić information content (AvgIpc) is 2.43. The number of carboxylic acid groups (broad SMARTS) is 1. The van der Waals surface area contributed by atoms with Crippen LogP contribution >= 0.6 is 23.4 Å². The van der Waals surface area contributed by atoms with Crippen molar-refractivity contribution >= 4 is 29.3 Å². The Bertz CT molecular complexity index is 671. The average molecular weight is 323 g/mol. The second-order valence-corrected chi connectivity index (χ2v) is 6.09. The quantitative estimate of drug-likeness (QED) is 0.763. The number of thioether (sulfide) groups is 1. The molecule has 0 aliphatic heterocycles. The standard InChI is InChI=1S/C16H15ClO3S/c1-3-21-14-6-4-5-13(15(14)16(18)19)20-11-7-8-12(17)10(2)9-11/h4-9H,3H2,1-2H3,(H,18,19). The number of hydrogen-bond donors (Lipinski definition) is 1. The van der Waals surface area contributed by atoms with Crippen LogP contribution in [0.5, 0.6) is 11.5 Å². The Kier molecular flexibility index (Phi) is 5.15. The second-order valence-electron chi connectivity index (χ2n) is 4.38. The third-order valence-electron chi connectivity index (χ3n) is 2.86. The summed E-state index contributed by atoms with van der Waals surface area (Å²) in [6.45, 7) is 3.85. The summed E-state index contributed by atoms with van der Waals surface area (Å²) in [7, 11) is 0. The Hall–Kier alpha value is -1.65. The van der Waals surface area contributed by atoms with Crippen molar-refractivity contribution in [3.63, 3.8) is 0 Å². The molecule has 0 amide bonds. The molecule has 0 saturated heterocycles. The monoisotopic (exact) mass is 322 g/mol. The number of halogens is 1. The summed E-state index contributed by atoms with van der Waals surface area (Å²) in [5, 5.41) is 10.1. The van der Waals surface area contributed by atoms with Gasteiger partial charge in [0.05, 0.1) is 0 Å². The Morgan fingerprint density at radius 2 is 2.10 bits per heavy atom. The fraction of sp³-hybridized carbons (Fsp3) is 0.188. The fourth-order valence-electron chi connectivity index (χ4n) is 1.89. The first-order valence-corrected chi connectivity index (χ1v) is 7.82. The molecular formula is C16H15ClO3S. The van der Waals surface area contributed by atoms with Crippen LogP contribution in [0.15, 0.2) is 41.3 Å². The van der Waals surface area contributed by atoms with Crippen LogP contribution in [0.4, 0.5) is 0 Å². The van der Waals surface area contributed by atoms with E-state index in [1.54, 1.807) is 36.4 Å². The SMILES string of the molecule is CCSc1cccc(Oc2ccc(Cl)c(C)c2)c1C(=O)O. The Morgan fingerprint density at radius 1 is 1.33 bits per heavy atom. The molecule has 0 aliphatic rings. The predicted molar refractivity (Wildman–Crippen MR) is 86.1 cm³/mol. The molecule has 0 bridgehead atoms. The lowest BCUT2D eigenvalue weighted by molar-refractivity contribution is 0.0690. The van der Waals surface area contributed by atoms with Gasteiger partial charge in [0.1, 0.15) is 17.1 Å². The van der Waals surface area contributed by atoms with Crippen molar-refractivity contribution in [3.8, 4) is 11.5 Å². The van der Waals surface area contributed by atoms with Crippen molar-refractivity contribution in [3.05, 3.63) is 52.5 Å². The lowest BCUT2D eigenvalue weighted by atomic mass is 10.2. The highest BCUT2D eigenvalue weighted by Gasteiger charge is 2.17. The molecule has 0 unspecified atom stereocenters. The molecule has 2 aromatic carbocycles. The zero-order valence-corrected chi connectivity index (χ0v) is 13.3. The van der Waals surface area contributed by atoms with E-state index in [0.29, 0.717) is 21.4 Å². The smallest absolute Gasteiger partial charge is 0.340 e. The number of aromatic carboxylic acids is 1. The molecule has 0 atom stereocenters. The first-order valence-electron chi connectivity index (χ1n) is 6.46. The van der Waals surface area contributed by atoms with E-state index in [0.717, 1.165) is 11.3 Å². The number of ether oxygens (including phenoxy) is 1. The van der Waals surface area contributed by atoms with E-state index in [1.165, 1.54) is 11.8 Å². The maximum atomic E-state index is 11.5. The molecule has 0 radical (unpaired) electrons. The number of rotatable bonds is 5. The van der Waals surface area contributed by atoms with Gasteiger partial charge in [0.25, 0.3) is 0 Å². The van der Waals surface area contributed by atoms with Gasteiger partial charge in [0.15, 0.2) is 0 Å². The van der Waals surface area contributed by atoms with E-state index in [-0.39, 0.29) is 5.56 Å². The van der Waals surface area contributed by atoms with E-state index >= 15 is 0 Å². The topological polar surface area (TPSA) is 46.5 Å². The summed E-state index contributed by atoms with van der Waals surface area (Å²) in [6, 6.07) is 10.5. The molecular weight excluding hydrogens is 308 g/mol. The molecule has 21 heavy (non-hydrogen) atoms. The van der Waals surface area contributed by atoms with Gasteiger partial charge in [-0.1, -0.05) is 24.6 Å². The minimum absolute atomic E-state index is 0.192. The lowest BCUT2D eigenvalue weighted by Crippen LogP contribution is -2.02. The summed E-state index contributed by atoms with van der Waals surface area (Å²) < 4.78 is 5.74. The van der Waals surface area contributed by atoms with Gasteiger partial charge < -0.3 is 9.84 Å². The van der Waals surface area contributed by atoms with Gasteiger partial charge in [0, 0.05) is 9.92 Å². The van der Waals surface area contributed by atoms with Crippen molar-refractivity contribution < 1.29 is 14.6 Å². The van der Waals surface area contributed by atoms with Gasteiger partial charge in [-0.05, 0) is 48.6 Å². The molecule has 110 valence electrons. The van der Waals surface area contributed by atoms with Crippen LogP contribution < -0.4 is 4.74 Å². The summed E-state index contributed by atoms with van der Waals surface area (Å²) in [6.07, 6.45) is 0. The Balaban J connectivity index is 2.41. The second kappa shape index (κ2) is 6.87. The Labute approximate surface area is 132 Å². The largest absolute Gasteiger partial charge is 0.478 e. The minimum atomic E-state index is -0.993. The van der Waals surface area contributed by atoms with Gasteiger partial charge in [-0.2, -0.15) is 0 Å². The van der Waals surface area contributed by atoms with Crippen LogP contribution in [0, 0.1) is 6.92 Å². The van der Waals surface area contributed by atoms with Crippen molar-refractivity contribution in [2.24, 2.45) is 0 Å². The summed E-state index contributed by atoms with van der Waals surface area (Å²) in [4.78, 5) is 12.2. The number of aryl methyl sites for hydroxylation is 1. The van der Waals surface area contributed by atoms with E-state index in [9.17, 15) is 9.90 Å². The van der Waals surface area contributed by atoms with Crippen molar-refractivity contribution in [1.82, 2.24) is 0 Å². The van der Waals surface area contributed by atoms with Crippen LogP contribution in [0.1, 0.15) is 22.8 Å². The summed E-state index contributed by atoms with van der Waals surface area (Å²) in [5.41, 5.74) is 1.07. The van der Waals surface area contributed by atoms with E-state index < -0.39 is 5.97 Å². The highest BCUT2D eigenvalue weighted by molar-refractivity contribution is 7.99. The Morgan fingerprint density at radius 3 is 2.71 bits per heavy atom. The van der Waals surface area contributed by atoms with Crippen LogP contribution in [-0.4, -0.2) is 16.8 Å².